The molecule has 0 radical (unpaired) electrons. The highest BCUT2D eigenvalue weighted by Crippen LogP contribution is 2.31. The highest BCUT2D eigenvalue weighted by atomic mass is 16.6. The first-order valence-electron chi connectivity index (χ1n) is 13.3. The van der Waals surface area contributed by atoms with E-state index in [1.165, 1.54) is 4.90 Å². The number of carbonyl (C=O) groups excluding carboxylic acids is 1. The molecule has 208 valence electrons. The van der Waals surface area contributed by atoms with Gasteiger partial charge in [0.15, 0.2) is 0 Å². The molecule has 0 saturated heterocycles. The fraction of sp³-hybridized carbons (Fsp3) is 0.433. The van der Waals surface area contributed by atoms with Crippen LogP contribution >= 0.6 is 0 Å². The van der Waals surface area contributed by atoms with Gasteiger partial charge in [-0.1, -0.05) is 18.2 Å². The Morgan fingerprint density at radius 1 is 1.05 bits per heavy atom. The van der Waals surface area contributed by atoms with Crippen molar-refractivity contribution in [1.82, 2.24) is 9.88 Å². The number of carboxylic acid groups (broad SMARTS) is 1. The van der Waals surface area contributed by atoms with E-state index in [1.807, 2.05) is 44.2 Å². The van der Waals surface area contributed by atoms with Crippen LogP contribution in [0.5, 0.6) is 11.5 Å². The smallest absolute Gasteiger partial charge is 0.416 e. The summed E-state index contributed by atoms with van der Waals surface area (Å²) < 4.78 is 22.6. The topological polar surface area (TPSA) is 111 Å². The quantitative estimate of drug-likeness (QED) is 0.330. The summed E-state index contributed by atoms with van der Waals surface area (Å²) in [5.74, 6) is 1.46. The van der Waals surface area contributed by atoms with Gasteiger partial charge in [0.1, 0.15) is 23.8 Å². The van der Waals surface area contributed by atoms with Crippen molar-refractivity contribution in [2.24, 2.45) is 5.92 Å². The first-order chi connectivity index (χ1) is 18.8. The van der Waals surface area contributed by atoms with Gasteiger partial charge in [-0.2, -0.15) is 0 Å². The van der Waals surface area contributed by atoms with E-state index in [2.05, 4.69) is 4.98 Å². The number of carboxylic acids is 1. The highest BCUT2D eigenvalue weighted by molar-refractivity contribution is 5.78. The molecule has 1 N–H and O–H groups in total. The minimum Gasteiger partial charge on any atom is -0.497 e. The number of methoxy groups -OCH3 is 1. The molecule has 1 amide bonds. The van der Waals surface area contributed by atoms with Gasteiger partial charge in [-0.05, 0) is 81.8 Å². The Balaban J connectivity index is 1.26. The third kappa shape index (κ3) is 7.60. The van der Waals surface area contributed by atoms with Crippen molar-refractivity contribution in [2.75, 3.05) is 20.3 Å². The van der Waals surface area contributed by atoms with Gasteiger partial charge in [0.2, 0.25) is 5.89 Å². The summed E-state index contributed by atoms with van der Waals surface area (Å²) in [6.45, 7) is 3.94. The lowest BCUT2D eigenvalue weighted by Crippen LogP contribution is -2.47. The number of ether oxygens (including phenoxy) is 3. The van der Waals surface area contributed by atoms with Crippen molar-refractivity contribution in [3.63, 3.8) is 0 Å². The predicted molar refractivity (Wildman–Crippen MR) is 145 cm³/mol. The number of aromatic nitrogens is 1. The van der Waals surface area contributed by atoms with Gasteiger partial charge in [0.05, 0.1) is 25.5 Å². The minimum absolute atomic E-state index is 0.119. The zero-order valence-electron chi connectivity index (χ0n) is 22.7. The molecule has 1 aromatic heterocycles. The van der Waals surface area contributed by atoms with E-state index >= 15 is 0 Å². The zero-order valence-corrected chi connectivity index (χ0v) is 22.7. The molecule has 2 aromatic carbocycles. The Morgan fingerprint density at radius 2 is 1.72 bits per heavy atom. The number of nitrogens with zero attached hydrogens (tertiary/aromatic N) is 2. The van der Waals surface area contributed by atoms with Crippen molar-refractivity contribution in [1.29, 1.82) is 0 Å². The number of aliphatic carboxylic acids is 1. The molecule has 1 heterocycles. The Kier molecular flexibility index (Phi) is 9.59. The fourth-order valence-electron chi connectivity index (χ4n) is 5.00. The fourth-order valence-corrected chi connectivity index (χ4v) is 5.00. The van der Waals surface area contributed by atoms with Crippen LogP contribution in [0.3, 0.4) is 0 Å². The first-order valence-corrected chi connectivity index (χ1v) is 13.3. The van der Waals surface area contributed by atoms with E-state index < -0.39 is 18.6 Å². The molecule has 4 rings (SSSR count). The van der Waals surface area contributed by atoms with Crippen LogP contribution in [-0.2, 0) is 16.0 Å². The molecule has 0 spiro atoms. The molecule has 0 bridgehead atoms. The predicted octanol–water partition coefficient (Wildman–Crippen LogP) is 5.75. The SMILES string of the molecule is COc1ccc(OC(=O)N(CC(=O)O)C(C)C2CCC(OCCc3nc(-c4ccccc4)oc3C)CC2)cc1. The lowest BCUT2D eigenvalue weighted by atomic mass is 9.82. The van der Waals surface area contributed by atoms with Crippen LogP contribution in [0.2, 0.25) is 0 Å². The minimum atomic E-state index is -1.08. The number of aryl methyl sites for hydroxylation is 1. The normalized spacial score (nSPS) is 17.8. The summed E-state index contributed by atoms with van der Waals surface area (Å²) in [7, 11) is 1.55. The lowest BCUT2D eigenvalue weighted by molar-refractivity contribution is -0.138. The van der Waals surface area contributed by atoms with E-state index in [9.17, 15) is 14.7 Å². The third-order valence-electron chi connectivity index (χ3n) is 7.30. The number of carbonyl (C=O) groups is 2. The second-order valence-electron chi connectivity index (χ2n) is 9.85. The Bertz CT molecular complexity index is 1220. The van der Waals surface area contributed by atoms with Gasteiger partial charge in [-0.15, -0.1) is 0 Å². The third-order valence-corrected chi connectivity index (χ3v) is 7.30. The van der Waals surface area contributed by atoms with E-state index in [0.29, 0.717) is 30.4 Å². The molecule has 1 unspecified atom stereocenters. The number of rotatable bonds is 11. The maximum atomic E-state index is 12.9. The summed E-state index contributed by atoms with van der Waals surface area (Å²) in [5.41, 5.74) is 1.85. The Labute approximate surface area is 228 Å². The van der Waals surface area contributed by atoms with Crippen LogP contribution in [0.4, 0.5) is 4.79 Å². The molecular weight excluding hydrogens is 500 g/mol. The molecular formula is C30H36N2O7. The second kappa shape index (κ2) is 13.3. The maximum absolute atomic E-state index is 12.9. The highest BCUT2D eigenvalue weighted by Gasteiger charge is 2.33. The Morgan fingerprint density at radius 3 is 2.36 bits per heavy atom. The van der Waals surface area contributed by atoms with Crippen LogP contribution < -0.4 is 9.47 Å². The lowest BCUT2D eigenvalue weighted by Gasteiger charge is -2.37. The molecule has 1 saturated carbocycles. The van der Waals surface area contributed by atoms with Gasteiger partial charge < -0.3 is 23.7 Å². The number of hydrogen-bond donors (Lipinski definition) is 1. The molecule has 9 nitrogen and oxygen atoms in total. The van der Waals surface area contributed by atoms with Crippen molar-refractivity contribution in [2.45, 2.75) is 58.1 Å². The molecule has 1 aliphatic rings. The van der Waals surface area contributed by atoms with Crippen molar-refractivity contribution in [3.05, 3.63) is 66.1 Å². The summed E-state index contributed by atoms with van der Waals surface area (Å²) in [6, 6.07) is 16.1. The number of amides is 1. The summed E-state index contributed by atoms with van der Waals surface area (Å²) in [4.78, 5) is 30.4. The van der Waals surface area contributed by atoms with Crippen LogP contribution in [0.25, 0.3) is 11.5 Å². The molecule has 1 atom stereocenters. The number of oxazole rings is 1. The number of hydrogen-bond acceptors (Lipinski definition) is 7. The van der Waals surface area contributed by atoms with Crippen LogP contribution in [0, 0.1) is 12.8 Å². The molecule has 39 heavy (non-hydrogen) atoms. The van der Waals surface area contributed by atoms with Crippen molar-refractivity contribution in [3.8, 4) is 23.0 Å². The van der Waals surface area contributed by atoms with Crippen molar-refractivity contribution < 1.29 is 33.3 Å². The van der Waals surface area contributed by atoms with E-state index in [1.54, 1.807) is 31.4 Å². The second-order valence-corrected chi connectivity index (χ2v) is 9.85. The standard InChI is InChI=1S/C30H36N2O7/c1-20(32(19-28(33)34)30(35)39-26-15-13-24(36-3)14-16-26)22-9-11-25(12-10-22)37-18-17-27-21(2)38-29(31-27)23-7-5-4-6-8-23/h4-8,13-16,20,22,25H,9-12,17-19H2,1-3H3,(H,33,34). The largest absolute Gasteiger partial charge is 0.497 e. The van der Waals surface area contributed by atoms with Gasteiger partial charge in [0.25, 0.3) is 0 Å². The van der Waals surface area contributed by atoms with Crippen molar-refractivity contribution >= 4 is 12.1 Å². The molecule has 1 fully saturated rings. The molecule has 0 aliphatic heterocycles. The Hall–Kier alpha value is -3.85. The van der Waals surface area contributed by atoms with E-state index in [4.69, 9.17) is 18.6 Å². The summed E-state index contributed by atoms with van der Waals surface area (Å²) in [6.07, 6.45) is 3.46. The van der Waals surface area contributed by atoms with Gasteiger partial charge in [0, 0.05) is 18.0 Å². The zero-order chi connectivity index (χ0) is 27.8. The monoisotopic (exact) mass is 536 g/mol. The van der Waals surface area contributed by atoms with E-state index in [-0.39, 0.29) is 18.1 Å². The molecule has 9 heteroatoms. The average Bonchev–Trinajstić information content (AvgIpc) is 3.32. The summed E-state index contributed by atoms with van der Waals surface area (Å²) in [5, 5.41) is 9.44. The van der Waals surface area contributed by atoms with Gasteiger partial charge in [-0.3, -0.25) is 9.69 Å². The van der Waals surface area contributed by atoms with Crippen LogP contribution in [0.1, 0.15) is 44.1 Å². The first kappa shape index (κ1) is 28.2. The maximum Gasteiger partial charge on any atom is 0.416 e. The van der Waals surface area contributed by atoms with Gasteiger partial charge >= 0.3 is 12.1 Å². The van der Waals surface area contributed by atoms with E-state index in [0.717, 1.165) is 42.7 Å². The van der Waals surface area contributed by atoms with Crippen LogP contribution in [0.15, 0.2) is 59.0 Å². The molecule has 1 aliphatic carbocycles. The number of benzene rings is 2. The van der Waals surface area contributed by atoms with Crippen LogP contribution in [-0.4, -0.2) is 59.5 Å². The molecule has 3 aromatic rings. The summed E-state index contributed by atoms with van der Waals surface area (Å²) >= 11 is 0. The average molecular weight is 537 g/mol. The van der Waals surface area contributed by atoms with Gasteiger partial charge in [-0.25, -0.2) is 9.78 Å².